The summed E-state index contributed by atoms with van der Waals surface area (Å²) in [6.45, 7) is 8.57. The van der Waals surface area contributed by atoms with E-state index in [1.54, 1.807) is 6.20 Å². The van der Waals surface area contributed by atoms with E-state index in [1.165, 1.54) is 18.5 Å². The Bertz CT molecular complexity index is 384. The van der Waals surface area contributed by atoms with Crippen LogP contribution in [0, 0.1) is 11.8 Å². The van der Waals surface area contributed by atoms with E-state index in [4.69, 9.17) is 11.6 Å². The van der Waals surface area contributed by atoms with Crippen molar-refractivity contribution in [2.45, 2.75) is 52.6 Å². The van der Waals surface area contributed by atoms with E-state index in [-0.39, 0.29) is 0 Å². The molecule has 1 saturated carbocycles. The van der Waals surface area contributed by atoms with Crippen LogP contribution in [0.3, 0.4) is 0 Å². The number of aromatic nitrogens is 2. The highest BCUT2D eigenvalue weighted by Gasteiger charge is 2.36. The molecule has 1 aliphatic rings. The molecule has 1 aliphatic carbocycles. The van der Waals surface area contributed by atoms with Gasteiger partial charge in [-0.15, -0.1) is 0 Å². The lowest BCUT2D eigenvalue weighted by atomic mass is 9.93. The Kier molecular flexibility index (Phi) is 4.68. The van der Waals surface area contributed by atoms with Crippen molar-refractivity contribution in [3.63, 3.8) is 0 Å². The van der Waals surface area contributed by atoms with Gasteiger partial charge in [-0.2, -0.15) is 5.10 Å². The SMILES string of the molecule is CCCNC(c1c(Cl)cnn1CC)C(C)C1CC1. The zero-order chi connectivity index (χ0) is 13.1. The molecule has 2 atom stereocenters. The van der Waals surface area contributed by atoms with Gasteiger partial charge in [-0.05, 0) is 44.6 Å². The van der Waals surface area contributed by atoms with E-state index in [2.05, 4.69) is 31.2 Å². The summed E-state index contributed by atoms with van der Waals surface area (Å²) in [6.07, 6.45) is 5.65. The topological polar surface area (TPSA) is 29.9 Å². The molecule has 1 aromatic heterocycles. The van der Waals surface area contributed by atoms with Gasteiger partial charge in [0.1, 0.15) is 0 Å². The standard InChI is InChI=1S/C14H24ClN3/c1-4-8-16-13(10(3)11-6-7-11)14-12(15)9-17-18(14)5-2/h9-11,13,16H,4-8H2,1-3H3. The summed E-state index contributed by atoms with van der Waals surface area (Å²) in [5.74, 6) is 1.49. The lowest BCUT2D eigenvalue weighted by molar-refractivity contribution is 0.331. The average molecular weight is 270 g/mol. The molecule has 18 heavy (non-hydrogen) atoms. The third-order valence-electron chi connectivity index (χ3n) is 3.93. The highest BCUT2D eigenvalue weighted by Crippen LogP contribution is 2.43. The molecule has 0 radical (unpaired) electrons. The van der Waals surface area contributed by atoms with Crippen molar-refractivity contribution in [2.75, 3.05) is 6.54 Å². The molecule has 1 aromatic rings. The molecule has 0 saturated heterocycles. The number of hydrogen-bond acceptors (Lipinski definition) is 2. The van der Waals surface area contributed by atoms with Gasteiger partial charge in [-0.3, -0.25) is 4.68 Å². The Labute approximate surface area is 115 Å². The van der Waals surface area contributed by atoms with E-state index >= 15 is 0 Å². The van der Waals surface area contributed by atoms with Crippen molar-refractivity contribution in [3.8, 4) is 0 Å². The summed E-state index contributed by atoms with van der Waals surface area (Å²) in [5, 5.41) is 8.84. The number of nitrogens with one attached hydrogen (secondary N) is 1. The van der Waals surface area contributed by atoms with Crippen LogP contribution in [0.4, 0.5) is 0 Å². The van der Waals surface area contributed by atoms with Crippen LogP contribution in [-0.4, -0.2) is 16.3 Å². The van der Waals surface area contributed by atoms with Crippen molar-refractivity contribution in [1.29, 1.82) is 0 Å². The monoisotopic (exact) mass is 269 g/mol. The zero-order valence-electron chi connectivity index (χ0n) is 11.6. The minimum atomic E-state index is 0.340. The third kappa shape index (κ3) is 2.89. The van der Waals surface area contributed by atoms with Gasteiger partial charge >= 0.3 is 0 Å². The second-order valence-electron chi connectivity index (χ2n) is 5.32. The molecule has 1 N–H and O–H groups in total. The van der Waals surface area contributed by atoms with Crippen LogP contribution in [0.2, 0.25) is 5.02 Å². The first-order chi connectivity index (χ1) is 8.69. The number of aryl methyl sites for hydroxylation is 1. The Morgan fingerprint density at radius 2 is 2.22 bits per heavy atom. The van der Waals surface area contributed by atoms with Crippen LogP contribution >= 0.6 is 11.6 Å². The van der Waals surface area contributed by atoms with Crippen molar-refractivity contribution >= 4 is 11.6 Å². The average Bonchev–Trinajstić information content (AvgIpc) is 3.15. The number of nitrogens with zero attached hydrogens (tertiary/aromatic N) is 2. The maximum Gasteiger partial charge on any atom is 0.0834 e. The van der Waals surface area contributed by atoms with Gasteiger partial charge in [-0.1, -0.05) is 25.4 Å². The predicted octanol–water partition coefficient (Wildman–Crippen LogP) is 3.64. The highest BCUT2D eigenvalue weighted by atomic mass is 35.5. The van der Waals surface area contributed by atoms with Crippen molar-refractivity contribution in [2.24, 2.45) is 11.8 Å². The van der Waals surface area contributed by atoms with Crippen LogP contribution in [0.1, 0.15) is 51.8 Å². The molecule has 0 aromatic carbocycles. The minimum absolute atomic E-state index is 0.340. The molecule has 1 heterocycles. The Balaban J connectivity index is 2.22. The lowest BCUT2D eigenvalue weighted by Crippen LogP contribution is -2.31. The fourth-order valence-corrected chi connectivity index (χ4v) is 2.92. The molecule has 0 aliphatic heterocycles. The normalized spacial score (nSPS) is 18.9. The molecule has 0 amide bonds. The largest absolute Gasteiger partial charge is 0.308 e. The summed E-state index contributed by atoms with van der Waals surface area (Å²) >= 11 is 6.34. The third-order valence-corrected chi connectivity index (χ3v) is 4.22. The molecule has 102 valence electrons. The predicted molar refractivity (Wildman–Crippen MR) is 75.8 cm³/mol. The first kappa shape index (κ1) is 13.9. The van der Waals surface area contributed by atoms with Gasteiger partial charge in [0.25, 0.3) is 0 Å². The first-order valence-corrected chi connectivity index (χ1v) is 7.51. The highest BCUT2D eigenvalue weighted by molar-refractivity contribution is 6.31. The molecular formula is C14H24ClN3. The van der Waals surface area contributed by atoms with E-state index < -0.39 is 0 Å². The zero-order valence-corrected chi connectivity index (χ0v) is 12.4. The molecule has 0 spiro atoms. The maximum atomic E-state index is 6.34. The van der Waals surface area contributed by atoms with Crippen LogP contribution < -0.4 is 5.32 Å². The van der Waals surface area contributed by atoms with Crippen molar-refractivity contribution in [1.82, 2.24) is 15.1 Å². The first-order valence-electron chi connectivity index (χ1n) is 7.13. The molecule has 0 bridgehead atoms. The minimum Gasteiger partial charge on any atom is -0.308 e. The molecule has 4 heteroatoms. The molecule has 2 rings (SSSR count). The van der Waals surface area contributed by atoms with Crippen molar-refractivity contribution < 1.29 is 0 Å². The van der Waals surface area contributed by atoms with Crippen molar-refractivity contribution in [3.05, 3.63) is 16.9 Å². The summed E-state index contributed by atoms with van der Waals surface area (Å²) in [5.41, 5.74) is 1.17. The molecular weight excluding hydrogens is 246 g/mol. The number of halogens is 1. The van der Waals surface area contributed by atoms with Gasteiger partial charge in [0.15, 0.2) is 0 Å². The maximum absolute atomic E-state index is 6.34. The van der Waals surface area contributed by atoms with Gasteiger partial charge in [0.05, 0.1) is 23.0 Å². The summed E-state index contributed by atoms with van der Waals surface area (Å²) in [4.78, 5) is 0. The Morgan fingerprint density at radius 3 is 2.78 bits per heavy atom. The van der Waals surface area contributed by atoms with E-state index in [9.17, 15) is 0 Å². The van der Waals surface area contributed by atoms with Gasteiger partial charge in [-0.25, -0.2) is 0 Å². The molecule has 3 nitrogen and oxygen atoms in total. The molecule has 1 fully saturated rings. The van der Waals surface area contributed by atoms with E-state index in [1.807, 2.05) is 4.68 Å². The summed E-state index contributed by atoms with van der Waals surface area (Å²) < 4.78 is 2.04. The van der Waals surface area contributed by atoms with Crippen LogP contribution in [0.5, 0.6) is 0 Å². The number of rotatable bonds is 7. The molecule has 2 unspecified atom stereocenters. The summed E-state index contributed by atoms with van der Waals surface area (Å²) in [7, 11) is 0. The van der Waals surface area contributed by atoms with Gasteiger partial charge < -0.3 is 5.32 Å². The lowest BCUT2D eigenvalue weighted by Gasteiger charge is -2.26. The van der Waals surface area contributed by atoms with Crippen LogP contribution in [0.25, 0.3) is 0 Å². The Hall–Kier alpha value is -0.540. The Morgan fingerprint density at radius 1 is 1.50 bits per heavy atom. The van der Waals surface area contributed by atoms with E-state index in [0.717, 1.165) is 30.5 Å². The van der Waals surface area contributed by atoms with Gasteiger partial charge in [0, 0.05) is 6.54 Å². The smallest absolute Gasteiger partial charge is 0.0834 e. The van der Waals surface area contributed by atoms with E-state index in [0.29, 0.717) is 12.0 Å². The van der Waals surface area contributed by atoms with Gasteiger partial charge in [0.2, 0.25) is 0 Å². The quantitative estimate of drug-likeness (QED) is 0.819. The number of hydrogen-bond donors (Lipinski definition) is 1. The fraction of sp³-hybridized carbons (Fsp3) is 0.786. The second kappa shape index (κ2) is 6.07. The van der Waals surface area contributed by atoms with Crippen LogP contribution in [-0.2, 0) is 6.54 Å². The second-order valence-corrected chi connectivity index (χ2v) is 5.73. The van der Waals surface area contributed by atoms with Crippen LogP contribution in [0.15, 0.2) is 6.20 Å². The summed E-state index contributed by atoms with van der Waals surface area (Å²) in [6, 6.07) is 0.340. The fourth-order valence-electron chi connectivity index (χ4n) is 2.66.